The second-order valence-corrected chi connectivity index (χ2v) is 4.16. The highest BCUT2D eigenvalue weighted by molar-refractivity contribution is 9.10. The van der Waals surface area contributed by atoms with Crippen molar-refractivity contribution in [3.63, 3.8) is 0 Å². The summed E-state index contributed by atoms with van der Waals surface area (Å²) in [4.78, 5) is 0. The van der Waals surface area contributed by atoms with Gasteiger partial charge in [0, 0.05) is 18.1 Å². The molecule has 1 nitrogen and oxygen atoms in total. The topological polar surface area (TPSA) is 12.0 Å². The SMILES string of the molecule is C=C(Cl)CNCc1cccc(F)c1Br. The first-order chi connectivity index (χ1) is 6.61. The third-order valence-corrected chi connectivity index (χ3v) is 2.69. The standard InChI is InChI=1S/C10H10BrClFN/c1-7(12)5-14-6-8-3-2-4-9(13)10(8)11/h2-4,14H,1,5-6H2. The maximum Gasteiger partial charge on any atom is 0.137 e. The van der Waals surface area contributed by atoms with Crippen molar-refractivity contribution >= 4 is 27.5 Å². The van der Waals surface area contributed by atoms with Gasteiger partial charge in [0.1, 0.15) is 5.82 Å². The monoisotopic (exact) mass is 277 g/mol. The van der Waals surface area contributed by atoms with E-state index in [1.165, 1.54) is 6.07 Å². The van der Waals surface area contributed by atoms with Crippen molar-refractivity contribution in [1.82, 2.24) is 5.32 Å². The summed E-state index contributed by atoms with van der Waals surface area (Å²) in [6.45, 7) is 4.62. The second-order valence-electron chi connectivity index (χ2n) is 2.83. The molecule has 1 rings (SSSR count). The van der Waals surface area contributed by atoms with Crippen molar-refractivity contribution in [3.8, 4) is 0 Å². The molecule has 0 spiro atoms. The van der Waals surface area contributed by atoms with Gasteiger partial charge in [-0.3, -0.25) is 0 Å². The van der Waals surface area contributed by atoms with E-state index in [0.29, 0.717) is 22.6 Å². The summed E-state index contributed by atoms with van der Waals surface area (Å²) >= 11 is 8.75. The molecule has 0 bridgehead atoms. The van der Waals surface area contributed by atoms with E-state index in [-0.39, 0.29) is 5.82 Å². The Labute approximate surface area is 96.1 Å². The van der Waals surface area contributed by atoms with Crippen molar-refractivity contribution in [2.75, 3.05) is 6.54 Å². The highest BCUT2D eigenvalue weighted by atomic mass is 79.9. The zero-order chi connectivity index (χ0) is 10.6. The lowest BCUT2D eigenvalue weighted by molar-refractivity contribution is 0.615. The average Bonchev–Trinajstić information content (AvgIpc) is 2.12. The van der Waals surface area contributed by atoms with E-state index in [9.17, 15) is 4.39 Å². The quantitative estimate of drug-likeness (QED) is 0.890. The Balaban J connectivity index is 2.59. The van der Waals surface area contributed by atoms with Crippen LogP contribution in [0.1, 0.15) is 5.56 Å². The summed E-state index contributed by atoms with van der Waals surface area (Å²) in [7, 11) is 0. The maximum absolute atomic E-state index is 13.0. The van der Waals surface area contributed by atoms with Gasteiger partial charge in [-0.2, -0.15) is 0 Å². The van der Waals surface area contributed by atoms with Crippen LogP contribution in [0.25, 0.3) is 0 Å². The second kappa shape index (κ2) is 5.49. The number of rotatable bonds is 4. The lowest BCUT2D eigenvalue weighted by Gasteiger charge is -2.06. The van der Waals surface area contributed by atoms with Gasteiger partial charge in [-0.15, -0.1) is 0 Å². The minimum atomic E-state index is -0.256. The molecule has 0 amide bonds. The Morgan fingerprint density at radius 2 is 2.29 bits per heavy atom. The Hall–Kier alpha value is -0.380. The van der Waals surface area contributed by atoms with E-state index in [0.717, 1.165) is 5.56 Å². The molecular weight excluding hydrogens is 268 g/mol. The van der Waals surface area contributed by atoms with Gasteiger partial charge in [0.05, 0.1) is 4.47 Å². The number of hydrogen-bond donors (Lipinski definition) is 1. The van der Waals surface area contributed by atoms with Gasteiger partial charge in [0.15, 0.2) is 0 Å². The molecule has 1 aromatic rings. The fourth-order valence-electron chi connectivity index (χ4n) is 1.02. The van der Waals surface area contributed by atoms with Gasteiger partial charge in [0.25, 0.3) is 0 Å². The third-order valence-electron chi connectivity index (χ3n) is 1.66. The van der Waals surface area contributed by atoms with Gasteiger partial charge in [-0.25, -0.2) is 4.39 Å². The van der Waals surface area contributed by atoms with Crippen LogP contribution in [0.5, 0.6) is 0 Å². The largest absolute Gasteiger partial charge is 0.308 e. The molecule has 0 saturated heterocycles. The lowest BCUT2D eigenvalue weighted by atomic mass is 10.2. The van der Waals surface area contributed by atoms with Crippen LogP contribution in [0.3, 0.4) is 0 Å². The summed E-state index contributed by atoms with van der Waals surface area (Å²) in [5.41, 5.74) is 0.864. The molecule has 0 radical (unpaired) electrons. The number of benzene rings is 1. The van der Waals surface area contributed by atoms with Crippen molar-refractivity contribution in [3.05, 3.63) is 45.7 Å². The molecule has 4 heteroatoms. The van der Waals surface area contributed by atoms with Gasteiger partial charge in [0.2, 0.25) is 0 Å². The van der Waals surface area contributed by atoms with E-state index in [1.54, 1.807) is 6.07 Å². The summed E-state index contributed by atoms with van der Waals surface area (Å²) < 4.78 is 13.5. The number of hydrogen-bond acceptors (Lipinski definition) is 1. The molecule has 0 heterocycles. The predicted molar refractivity (Wildman–Crippen MR) is 60.8 cm³/mol. The van der Waals surface area contributed by atoms with Crippen LogP contribution in [-0.2, 0) is 6.54 Å². The van der Waals surface area contributed by atoms with Crippen molar-refractivity contribution < 1.29 is 4.39 Å². The minimum absolute atomic E-state index is 0.256. The van der Waals surface area contributed by atoms with E-state index >= 15 is 0 Å². The summed E-state index contributed by atoms with van der Waals surface area (Å²) in [5.74, 6) is -0.256. The molecular formula is C10H10BrClFN. The fourth-order valence-corrected chi connectivity index (χ4v) is 1.52. The minimum Gasteiger partial charge on any atom is -0.308 e. The molecule has 76 valence electrons. The van der Waals surface area contributed by atoms with Crippen LogP contribution in [0, 0.1) is 5.82 Å². The molecule has 0 atom stereocenters. The maximum atomic E-state index is 13.0. The summed E-state index contributed by atoms with van der Waals surface area (Å²) in [5, 5.41) is 3.58. The molecule has 1 aromatic carbocycles. The van der Waals surface area contributed by atoms with Gasteiger partial charge >= 0.3 is 0 Å². The van der Waals surface area contributed by atoms with Crippen molar-refractivity contribution in [1.29, 1.82) is 0 Å². The Morgan fingerprint density at radius 3 is 2.93 bits per heavy atom. The first-order valence-corrected chi connectivity index (χ1v) is 5.25. The molecule has 0 aliphatic carbocycles. The molecule has 0 unspecified atom stereocenters. The summed E-state index contributed by atoms with van der Waals surface area (Å²) in [6.07, 6.45) is 0. The van der Waals surface area contributed by atoms with Crippen molar-refractivity contribution in [2.24, 2.45) is 0 Å². The molecule has 0 fully saturated rings. The van der Waals surface area contributed by atoms with Crippen molar-refractivity contribution in [2.45, 2.75) is 6.54 Å². The highest BCUT2D eigenvalue weighted by Crippen LogP contribution is 2.20. The third kappa shape index (κ3) is 3.40. The number of nitrogens with one attached hydrogen (secondary N) is 1. The first-order valence-electron chi connectivity index (χ1n) is 4.08. The molecule has 1 N–H and O–H groups in total. The van der Waals surface area contributed by atoms with Crippen LogP contribution < -0.4 is 5.32 Å². The van der Waals surface area contributed by atoms with Crippen LogP contribution in [0.4, 0.5) is 4.39 Å². The van der Waals surface area contributed by atoms with Crippen LogP contribution in [-0.4, -0.2) is 6.54 Å². The summed E-state index contributed by atoms with van der Waals surface area (Å²) in [6, 6.07) is 4.93. The van der Waals surface area contributed by atoms with Gasteiger partial charge in [-0.05, 0) is 27.6 Å². The van der Waals surface area contributed by atoms with E-state index in [4.69, 9.17) is 11.6 Å². The van der Waals surface area contributed by atoms with E-state index in [2.05, 4.69) is 27.8 Å². The van der Waals surface area contributed by atoms with E-state index in [1.807, 2.05) is 6.07 Å². The fraction of sp³-hybridized carbons (Fsp3) is 0.200. The lowest BCUT2D eigenvalue weighted by Crippen LogP contribution is -2.15. The zero-order valence-electron chi connectivity index (χ0n) is 7.49. The Bertz CT molecular complexity index is 341. The molecule has 0 saturated carbocycles. The van der Waals surface area contributed by atoms with Gasteiger partial charge in [-0.1, -0.05) is 30.3 Å². The zero-order valence-corrected chi connectivity index (χ0v) is 9.83. The first kappa shape index (κ1) is 11.7. The molecule has 0 aliphatic rings. The molecule has 0 aromatic heterocycles. The average molecular weight is 279 g/mol. The van der Waals surface area contributed by atoms with Crippen LogP contribution >= 0.6 is 27.5 Å². The van der Waals surface area contributed by atoms with Crippen LogP contribution in [0.2, 0.25) is 0 Å². The van der Waals surface area contributed by atoms with Crippen LogP contribution in [0.15, 0.2) is 34.3 Å². The highest BCUT2D eigenvalue weighted by Gasteiger charge is 2.03. The predicted octanol–water partition coefficient (Wildman–Crippen LogP) is 3.43. The molecule has 0 aliphatic heterocycles. The van der Waals surface area contributed by atoms with Gasteiger partial charge < -0.3 is 5.32 Å². The smallest absolute Gasteiger partial charge is 0.137 e. The Morgan fingerprint density at radius 1 is 1.57 bits per heavy atom. The molecule has 14 heavy (non-hydrogen) atoms. The number of halogens is 3. The normalized spacial score (nSPS) is 10.2. The van der Waals surface area contributed by atoms with E-state index < -0.39 is 0 Å². The Kier molecular flexibility index (Phi) is 4.58.